The number of nitrogens with zero attached hydrogens (tertiary/aromatic N) is 2. The number of thiophene rings is 1. The number of guanidine groups is 1. The fourth-order valence-corrected chi connectivity index (χ4v) is 4.61. The molecule has 6 nitrogen and oxygen atoms in total. The summed E-state index contributed by atoms with van der Waals surface area (Å²) < 4.78 is 25.8. The van der Waals surface area contributed by atoms with Gasteiger partial charge in [0.25, 0.3) is 10.0 Å². The molecular formula is C16H31IN4O2S2. The van der Waals surface area contributed by atoms with Crippen LogP contribution in [0.4, 0.5) is 0 Å². The minimum Gasteiger partial charge on any atom is -0.354 e. The number of hydrogen-bond acceptors (Lipinski definition) is 4. The van der Waals surface area contributed by atoms with Crippen LogP contribution in [0, 0.1) is 0 Å². The van der Waals surface area contributed by atoms with Gasteiger partial charge in [0.1, 0.15) is 4.21 Å². The highest BCUT2D eigenvalue weighted by Crippen LogP contribution is 2.23. The van der Waals surface area contributed by atoms with E-state index in [0.717, 1.165) is 17.3 Å². The second-order valence-electron chi connectivity index (χ2n) is 5.98. The summed E-state index contributed by atoms with van der Waals surface area (Å²) in [5.74, 6) is 0.740. The summed E-state index contributed by atoms with van der Waals surface area (Å²) in [6, 6.07) is 3.85. The van der Waals surface area contributed by atoms with Crippen LogP contribution >= 0.6 is 35.3 Å². The Bertz CT molecular complexity index is 630. The van der Waals surface area contributed by atoms with Gasteiger partial charge in [-0.2, -0.15) is 0 Å². The molecule has 1 aromatic rings. The lowest BCUT2D eigenvalue weighted by atomic mass is 10.1. The first-order valence-corrected chi connectivity index (χ1v) is 10.5. The average Bonchev–Trinajstić information content (AvgIpc) is 3.01. The molecule has 1 rings (SSSR count). The summed E-state index contributed by atoms with van der Waals surface area (Å²) in [4.78, 5) is 5.18. The van der Waals surface area contributed by atoms with Crippen LogP contribution in [-0.4, -0.2) is 45.9 Å². The van der Waals surface area contributed by atoms with Crippen LogP contribution in [0.2, 0.25) is 0 Å². The van der Waals surface area contributed by atoms with E-state index in [2.05, 4.69) is 29.5 Å². The van der Waals surface area contributed by atoms with Crippen molar-refractivity contribution in [3.8, 4) is 0 Å². The van der Waals surface area contributed by atoms with Crippen LogP contribution in [0.3, 0.4) is 0 Å². The van der Waals surface area contributed by atoms with Crippen LogP contribution in [0.5, 0.6) is 0 Å². The molecule has 1 aromatic heterocycles. The highest BCUT2D eigenvalue weighted by atomic mass is 127. The molecule has 9 heteroatoms. The van der Waals surface area contributed by atoms with E-state index in [1.54, 1.807) is 27.2 Å². The Morgan fingerprint density at radius 1 is 1.32 bits per heavy atom. The lowest BCUT2D eigenvalue weighted by Gasteiger charge is -2.17. The lowest BCUT2D eigenvalue weighted by molar-refractivity contribution is 0.523. The number of hydrogen-bond donors (Lipinski definition) is 2. The molecule has 1 heterocycles. The van der Waals surface area contributed by atoms with Gasteiger partial charge in [0.05, 0.1) is 6.54 Å². The lowest BCUT2D eigenvalue weighted by Crippen LogP contribution is -2.41. The number of nitrogens with one attached hydrogen (secondary N) is 2. The van der Waals surface area contributed by atoms with Gasteiger partial charge in [0, 0.05) is 32.1 Å². The summed E-state index contributed by atoms with van der Waals surface area (Å²) in [6.07, 6.45) is 4.78. The maximum absolute atomic E-state index is 12.1. The van der Waals surface area contributed by atoms with Gasteiger partial charge in [-0.1, -0.05) is 26.2 Å². The molecule has 0 aliphatic rings. The largest absolute Gasteiger partial charge is 0.354 e. The smallest absolute Gasteiger partial charge is 0.252 e. The molecule has 0 saturated heterocycles. The molecule has 0 amide bonds. The summed E-state index contributed by atoms with van der Waals surface area (Å²) in [7, 11) is 1.47. The highest BCUT2D eigenvalue weighted by Gasteiger charge is 2.19. The third-order valence-corrected chi connectivity index (χ3v) is 7.02. The molecule has 1 atom stereocenters. The summed E-state index contributed by atoms with van der Waals surface area (Å²) in [5, 5.41) is 6.61. The van der Waals surface area contributed by atoms with Gasteiger partial charge >= 0.3 is 0 Å². The van der Waals surface area contributed by atoms with Crippen molar-refractivity contribution in [2.24, 2.45) is 4.99 Å². The second kappa shape index (κ2) is 12.1. The van der Waals surface area contributed by atoms with Gasteiger partial charge in [0.2, 0.25) is 0 Å². The Labute approximate surface area is 173 Å². The van der Waals surface area contributed by atoms with Crippen molar-refractivity contribution < 1.29 is 8.42 Å². The summed E-state index contributed by atoms with van der Waals surface area (Å²) >= 11 is 1.28. The Morgan fingerprint density at radius 2 is 2.00 bits per heavy atom. The topological polar surface area (TPSA) is 73.8 Å². The SMILES string of the molecule is CCCCCC(C)NC(=NC)NCc1ccc(S(=O)(=O)N(C)C)s1.I. The van der Waals surface area contributed by atoms with Crippen LogP contribution in [-0.2, 0) is 16.6 Å². The molecule has 0 aromatic carbocycles. The molecule has 0 radical (unpaired) electrons. The first-order chi connectivity index (χ1) is 11.3. The third kappa shape index (κ3) is 8.23. The predicted octanol–water partition coefficient (Wildman–Crippen LogP) is 3.25. The van der Waals surface area contributed by atoms with E-state index in [0.29, 0.717) is 16.8 Å². The van der Waals surface area contributed by atoms with E-state index in [9.17, 15) is 8.42 Å². The molecule has 25 heavy (non-hydrogen) atoms. The van der Waals surface area contributed by atoms with Crippen molar-refractivity contribution in [3.05, 3.63) is 17.0 Å². The molecular weight excluding hydrogens is 471 g/mol. The number of unbranched alkanes of at least 4 members (excludes halogenated alkanes) is 2. The minimum absolute atomic E-state index is 0. The zero-order valence-corrected chi connectivity index (χ0v) is 19.7. The van der Waals surface area contributed by atoms with Gasteiger partial charge in [0.15, 0.2) is 5.96 Å². The number of sulfonamides is 1. The van der Waals surface area contributed by atoms with Crippen molar-refractivity contribution in [1.29, 1.82) is 0 Å². The van der Waals surface area contributed by atoms with Crippen molar-refractivity contribution in [1.82, 2.24) is 14.9 Å². The maximum atomic E-state index is 12.1. The molecule has 0 spiro atoms. The Balaban J connectivity index is 0.00000576. The third-order valence-electron chi connectivity index (χ3n) is 3.65. The molecule has 0 aliphatic heterocycles. The molecule has 0 fully saturated rings. The monoisotopic (exact) mass is 502 g/mol. The van der Waals surface area contributed by atoms with Gasteiger partial charge in [-0.25, -0.2) is 12.7 Å². The molecule has 1 unspecified atom stereocenters. The van der Waals surface area contributed by atoms with E-state index in [-0.39, 0.29) is 24.0 Å². The van der Waals surface area contributed by atoms with Gasteiger partial charge in [-0.3, -0.25) is 4.99 Å². The van der Waals surface area contributed by atoms with Crippen LogP contribution in [0.15, 0.2) is 21.3 Å². The van der Waals surface area contributed by atoms with Crippen molar-refractivity contribution in [2.75, 3.05) is 21.1 Å². The zero-order chi connectivity index (χ0) is 18.2. The predicted molar refractivity (Wildman–Crippen MR) is 118 cm³/mol. The van der Waals surface area contributed by atoms with Crippen molar-refractivity contribution in [2.45, 2.75) is 56.3 Å². The second-order valence-corrected chi connectivity index (χ2v) is 9.52. The Kier molecular flexibility index (Phi) is 11.9. The quantitative estimate of drug-likeness (QED) is 0.235. The van der Waals surface area contributed by atoms with Crippen LogP contribution in [0.25, 0.3) is 0 Å². The fraction of sp³-hybridized carbons (Fsp3) is 0.688. The first-order valence-electron chi connectivity index (χ1n) is 8.29. The van der Waals surface area contributed by atoms with E-state index in [4.69, 9.17) is 0 Å². The van der Waals surface area contributed by atoms with E-state index in [1.165, 1.54) is 34.9 Å². The van der Waals surface area contributed by atoms with E-state index >= 15 is 0 Å². The van der Waals surface area contributed by atoms with Gasteiger partial charge < -0.3 is 10.6 Å². The fourth-order valence-electron chi connectivity index (χ4n) is 2.14. The average molecular weight is 502 g/mol. The van der Waals surface area contributed by atoms with Crippen molar-refractivity contribution in [3.63, 3.8) is 0 Å². The summed E-state index contributed by atoms with van der Waals surface area (Å²) in [6.45, 7) is 4.90. The number of halogens is 1. The minimum atomic E-state index is -3.35. The molecule has 146 valence electrons. The molecule has 0 aliphatic carbocycles. The standard InChI is InChI=1S/C16H30N4O2S2.HI/c1-6-7-8-9-13(2)19-16(17-3)18-12-14-10-11-15(23-14)24(21,22)20(4)5;/h10-11,13H,6-9,12H2,1-5H3,(H2,17,18,19);1H. The Morgan fingerprint density at radius 3 is 2.56 bits per heavy atom. The maximum Gasteiger partial charge on any atom is 0.252 e. The van der Waals surface area contributed by atoms with Crippen LogP contribution < -0.4 is 10.6 Å². The molecule has 0 bridgehead atoms. The van der Waals surface area contributed by atoms with E-state index < -0.39 is 10.0 Å². The zero-order valence-electron chi connectivity index (χ0n) is 15.7. The van der Waals surface area contributed by atoms with Gasteiger partial charge in [-0.15, -0.1) is 35.3 Å². The summed E-state index contributed by atoms with van der Waals surface area (Å²) in [5.41, 5.74) is 0. The van der Waals surface area contributed by atoms with Crippen LogP contribution in [0.1, 0.15) is 44.4 Å². The Hall–Kier alpha value is -0.390. The highest BCUT2D eigenvalue weighted by molar-refractivity contribution is 14.0. The normalized spacial score (nSPS) is 13.4. The van der Waals surface area contributed by atoms with Crippen molar-refractivity contribution >= 4 is 51.3 Å². The number of rotatable bonds is 9. The molecule has 2 N–H and O–H groups in total. The molecule has 0 saturated carbocycles. The number of aliphatic imine (C=N–C) groups is 1. The van der Waals surface area contributed by atoms with Gasteiger partial charge in [-0.05, 0) is 25.5 Å². The van der Waals surface area contributed by atoms with E-state index in [1.807, 2.05) is 6.07 Å². The first kappa shape index (κ1) is 24.6.